The van der Waals surface area contributed by atoms with Crippen LogP contribution < -0.4 is 5.56 Å². The molecule has 0 saturated carbocycles. The first-order valence-electron chi connectivity index (χ1n) is 11.3. The lowest BCUT2D eigenvalue weighted by Crippen LogP contribution is -2.25. The summed E-state index contributed by atoms with van der Waals surface area (Å²) in [4.78, 5) is 30.7. The smallest absolute Gasteiger partial charge is 0.264 e. The molecule has 0 aliphatic carbocycles. The second-order valence-corrected chi connectivity index (χ2v) is 8.40. The summed E-state index contributed by atoms with van der Waals surface area (Å²) < 4.78 is 5.15. The molecule has 5 rings (SSSR count). The fourth-order valence-electron chi connectivity index (χ4n) is 4.37. The predicted octanol–water partition coefficient (Wildman–Crippen LogP) is 4.13. The number of ketones is 1. The fraction of sp³-hybridized carbons (Fsp3) is 0.185. The van der Waals surface area contributed by atoms with E-state index in [0.717, 1.165) is 30.0 Å². The van der Waals surface area contributed by atoms with E-state index in [1.165, 1.54) is 22.7 Å². The van der Waals surface area contributed by atoms with E-state index in [1.807, 2.05) is 68.4 Å². The van der Waals surface area contributed by atoms with Gasteiger partial charge in [0.15, 0.2) is 11.4 Å². The molecule has 0 bridgehead atoms. The first-order valence-corrected chi connectivity index (χ1v) is 11.3. The molecule has 0 N–H and O–H groups in total. The van der Waals surface area contributed by atoms with Crippen molar-refractivity contribution in [1.29, 1.82) is 0 Å². The van der Waals surface area contributed by atoms with Crippen LogP contribution in [0.1, 0.15) is 27.3 Å². The maximum atomic E-state index is 13.2. The van der Waals surface area contributed by atoms with Gasteiger partial charge in [-0.05, 0) is 44.0 Å². The zero-order valence-corrected chi connectivity index (χ0v) is 19.2. The summed E-state index contributed by atoms with van der Waals surface area (Å²) in [5.74, 6) is -0.113. The Morgan fingerprint density at radius 3 is 2.41 bits per heavy atom. The third-order valence-electron chi connectivity index (χ3n) is 6.21. The molecule has 3 heterocycles. The normalized spacial score (nSPS) is 11.2. The number of benzene rings is 2. The van der Waals surface area contributed by atoms with Crippen LogP contribution in [0, 0.1) is 13.8 Å². The van der Waals surface area contributed by atoms with Crippen molar-refractivity contribution in [2.75, 3.05) is 0 Å². The summed E-state index contributed by atoms with van der Waals surface area (Å²) in [6.07, 6.45) is 3.82. The first-order chi connectivity index (χ1) is 16.5. The van der Waals surface area contributed by atoms with Crippen LogP contribution in [0.2, 0.25) is 0 Å². The number of aryl methyl sites for hydroxylation is 2. The van der Waals surface area contributed by atoms with Crippen molar-refractivity contribution < 1.29 is 4.79 Å². The molecule has 7 heteroatoms. The molecule has 0 saturated heterocycles. The van der Waals surface area contributed by atoms with E-state index in [4.69, 9.17) is 0 Å². The van der Waals surface area contributed by atoms with Gasteiger partial charge < -0.3 is 4.57 Å². The molecule has 3 aromatic heterocycles. The highest BCUT2D eigenvalue weighted by molar-refractivity contribution is 5.97. The van der Waals surface area contributed by atoms with E-state index < -0.39 is 0 Å². The van der Waals surface area contributed by atoms with Gasteiger partial charge in [-0.3, -0.25) is 14.2 Å². The molecule has 0 fully saturated rings. The Morgan fingerprint density at radius 1 is 0.971 bits per heavy atom. The Balaban J connectivity index is 1.39. The van der Waals surface area contributed by atoms with Crippen molar-refractivity contribution >= 4 is 16.8 Å². The number of carbonyl (C=O) groups excluding carboxylic acids is 1. The largest absolute Gasteiger partial charge is 0.348 e. The van der Waals surface area contributed by atoms with Crippen LogP contribution in [0.4, 0.5) is 0 Å². The maximum Gasteiger partial charge on any atom is 0.264 e. The number of aromatic nitrogens is 5. The molecular formula is C27H25N5O2. The lowest BCUT2D eigenvalue weighted by Gasteiger charge is -2.10. The van der Waals surface area contributed by atoms with Gasteiger partial charge in [-0.2, -0.15) is 5.10 Å². The highest BCUT2D eigenvalue weighted by atomic mass is 16.1. The van der Waals surface area contributed by atoms with Gasteiger partial charge in [0.25, 0.3) is 5.56 Å². The van der Waals surface area contributed by atoms with E-state index in [0.29, 0.717) is 16.6 Å². The van der Waals surface area contributed by atoms with Crippen molar-refractivity contribution in [2.45, 2.75) is 33.4 Å². The lowest BCUT2D eigenvalue weighted by molar-refractivity contribution is 0.0970. The number of fused-ring (bicyclic) bond motifs is 1. The molecule has 0 radical (unpaired) electrons. The van der Waals surface area contributed by atoms with E-state index in [-0.39, 0.29) is 17.9 Å². The van der Waals surface area contributed by atoms with Crippen molar-refractivity contribution in [3.05, 3.63) is 112 Å². The molecule has 0 unspecified atom stereocenters. The van der Waals surface area contributed by atoms with Gasteiger partial charge in [-0.1, -0.05) is 48.5 Å². The van der Waals surface area contributed by atoms with E-state index in [2.05, 4.69) is 26.8 Å². The number of para-hydroxylation sites is 1. The summed E-state index contributed by atoms with van der Waals surface area (Å²) in [5.41, 5.74) is 4.85. The van der Waals surface area contributed by atoms with Gasteiger partial charge in [-0.15, -0.1) is 0 Å². The second kappa shape index (κ2) is 8.94. The van der Waals surface area contributed by atoms with E-state index in [1.54, 1.807) is 4.68 Å². The van der Waals surface area contributed by atoms with Crippen molar-refractivity contribution in [3.8, 4) is 5.69 Å². The molecule has 0 aliphatic rings. The average Bonchev–Trinajstić information content (AvgIpc) is 3.42. The number of nitrogens with zero attached hydrogens (tertiary/aromatic N) is 5. The van der Waals surface area contributed by atoms with Crippen molar-refractivity contribution in [1.82, 2.24) is 23.9 Å². The Labute approximate surface area is 196 Å². The molecule has 0 atom stereocenters. The molecular weight excluding hydrogens is 426 g/mol. The Hall–Kier alpha value is -4.26. The van der Waals surface area contributed by atoms with Crippen LogP contribution in [0.25, 0.3) is 16.7 Å². The highest BCUT2D eigenvalue weighted by Gasteiger charge is 2.18. The van der Waals surface area contributed by atoms with Gasteiger partial charge in [0.2, 0.25) is 0 Å². The summed E-state index contributed by atoms with van der Waals surface area (Å²) in [6.45, 7) is 4.69. The quantitative estimate of drug-likeness (QED) is 0.349. The SMILES string of the molecule is Cc1cc(C(=O)Cn2cnc3c(cnn3-c3ccccc3)c2=O)c(C)n1CCc1ccccc1. The zero-order chi connectivity index (χ0) is 23.7. The highest BCUT2D eigenvalue weighted by Crippen LogP contribution is 2.18. The lowest BCUT2D eigenvalue weighted by atomic mass is 10.1. The molecule has 7 nitrogen and oxygen atoms in total. The van der Waals surface area contributed by atoms with E-state index >= 15 is 0 Å². The van der Waals surface area contributed by atoms with Crippen LogP contribution in [0.3, 0.4) is 0 Å². The summed E-state index contributed by atoms with van der Waals surface area (Å²) in [6, 6.07) is 21.7. The molecule has 5 aromatic rings. The molecule has 0 amide bonds. The number of carbonyl (C=O) groups is 1. The van der Waals surface area contributed by atoms with Gasteiger partial charge >= 0.3 is 0 Å². The van der Waals surface area contributed by atoms with Crippen LogP contribution in [-0.2, 0) is 19.5 Å². The van der Waals surface area contributed by atoms with Gasteiger partial charge in [0.1, 0.15) is 11.7 Å². The Kier molecular flexibility index (Phi) is 5.67. The third-order valence-corrected chi connectivity index (χ3v) is 6.21. The Morgan fingerprint density at radius 2 is 1.68 bits per heavy atom. The summed E-state index contributed by atoms with van der Waals surface area (Å²) >= 11 is 0. The topological polar surface area (TPSA) is 74.7 Å². The summed E-state index contributed by atoms with van der Waals surface area (Å²) in [7, 11) is 0. The summed E-state index contributed by atoms with van der Waals surface area (Å²) in [5, 5.41) is 4.71. The number of hydrogen-bond acceptors (Lipinski definition) is 4. The van der Waals surface area contributed by atoms with E-state index in [9.17, 15) is 9.59 Å². The zero-order valence-electron chi connectivity index (χ0n) is 19.2. The third kappa shape index (κ3) is 3.96. The Bertz CT molecular complexity index is 1530. The standard InChI is InChI=1S/C27H25N5O2/c1-19-15-23(20(2)31(19)14-13-21-9-5-3-6-10-21)25(33)17-30-18-28-26-24(27(30)34)16-29-32(26)22-11-7-4-8-12-22/h3-12,15-16,18H,13-14,17H2,1-2H3. The fourth-order valence-corrected chi connectivity index (χ4v) is 4.37. The van der Waals surface area contributed by atoms with Crippen LogP contribution >= 0.6 is 0 Å². The molecule has 170 valence electrons. The monoisotopic (exact) mass is 451 g/mol. The molecule has 34 heavy (non-hydrogen) atoms. The molecule has 0 spiro atoms. The maximum absolute atomic E-state index is 13.2. The number of hydrogen-bond donors (Lipinski definition) is 0. The van der Waals surface area contributed by atoms with Crippen LogP contribution in [0.5, 0.6) is 0 Å². The minimum Gasteiger partial charge on any atom is -0.348 e. The predicted molar refractivity (Wildman–Crippen MR) is 132 cm³/mol. The molecule has 2 aromatic carbocycles. The van der Waals surface area contributed by atoms with Crippen LogP contribution in [0.15, 0.2) is 84.0 Å². The van der Waals surface area contributed by atoms with Gasteiger partial charge in [0, 0.05) is 23.5 Å². The van der Waals surface area contributed by atoms with Gasteiger partial charge in [0.05, 0.1) is 18.4 Å². The second-order valence-electron chi connectivity index (χ2n) is 8.40. The first kappa shape index (κ1) is 21.6. The minimum atomic E-state index is -0.279. The number of rotatable bonds is 7. The average molecular weight is 452 g/mol. The van der Waals surface area contributed by atoms with Crippen molar-refractivity contribution in [3.63, 3.8) is 0 Å². The van der Waals surface area contributed by atoms with Crippen LogP contribution in [-0.4, -0.2) is 29.7 Å². The number of Topliss-reactive ketones (excluding diaryl/α,β-unsaturated/α-hetero) is 1. The van der Waals surface area contributed by atoms with Gasteiger partial charge in [-0.25, -0.2) is 9.67 Å². The van der Waals surface area contributed by atoms with Crippen molar-refractivity contribution in [2.24, 2.45) is 0 Å². The molecule has 0 aliphatic heterocycles. The minimum absolute atomic E-state index is 0.0682.